The molecule has 0 aliphatic rings. The molecule has 3 aromatic carbocycles. The highest BCUT2D eigenvalue weighted by Gasteiger charge is 2.33. The number of benzene rings is 3. The fraction of sp³-hybridized carbons (Fsp3) is 0.441. The molecule has 0 fully saturated rings. The number of methoxy groups -OCH3 is 2. The molecule has 0 aliphatic carbocycles. The van der Waals surface area contributed by atoms with E-state index in [1.807, 2.05) is 48.5 Å². The van der Waals surface area contributed by atoms with Crippen molar-refractivity contribution < 1.29 is 14.0 Å². The van der Waals surface area contributed by atoms with Gasteiger partial charge >= 0.3 is 0 Å². The number of rotatable bonds is 6. The molecule has 39 heavy (non-hydrogen) atoms. The minimum Gasteiger partial charge on any atom is -0.497 e. The number of hydrogen-bond acceptors (Lipinski definition) is 3. The van der Waals surface area contributed by atoms with Gasteiger partial charge in [0.25, 0.3) is 0 Å². The van der Waals surface area contributed by atoms with Gasteiger partial charge in [0.1, 0.15) is 11.5 Å². The van der Waals surface area contributed by atoms with Crippen molar-refractivity contribution in [1.82, 2.24) is 0 Å². The van der Waals surface area contributed by atoms with Crippen LogP contribution in [-0.2, 0) is 20.8 Å². The van der Waals surface area contributed by atoms with Crippen molar-refractivity contribution in [3.8, 4) is 11.5 Å². The van der Waals surface area contributed by atoms with Gasteiger partial charge in [0.05, 0.1) is 14.2 Å². The zero-order chi connectivity index (χ0) is 29.4. The van der Waals surface area contributed by atoms with Gasteiger partial charge in [0.15, 0.2) is 7.14 Å². The first-order valence-electron chi connectivity index (χ1n) is 13.6. The lowest BCUT2D eigenvalue weighted by Crippen LogP contribution is -2.30. The van der Waals surface area contributed by atoms with Crippen molar-refractivity contribution >= 4 is 36.3 Å². The fourth-order valence-electron chi connectivity index (χ4n) is 4.67. The second-order valence-electron chi connectivity index (χ2n) is 13.3. The maximum atomic E-state index is 15.3. The third-order valence-electron chi connectivity index (χ3n) is 7.19. The van der Waals surface area contributed by atoms with Crippen LogP contribution in [0, 0.1) is 0 Å². The summed E-state index contributed by atoms with van der Waals surface area (Å²) in [7, 11) is 1.15. The highest BCUT2D eigenvalue weighted by Crippen LogP contribution is 2.48. The molecule has 0 saturated heterocycles. The van der Waals surface area contributed by atoms with Crippen LogP contribution in [0.5, 0.6) is 11.5 Å². The molecule has 3 nitrogen and oxygen atoms in total. The quantitative estimate of drug-likeness (QED) is 0.282. The van der Waals surface area contributed by atoms with E-state index in [0.717, 1.165) is 35.3 Å². The minimum absolute atomic E-state index is 0.0235. The van der Waals surface area contributed by atoms with Crippen LogP contribution in [-0.4, -0.2) is 19.3 Å². The maximum absolute atomic E-state index is 15.3. The predicted octanol–water partition coefficient (Wildman–Crippen LogP) is 8.33. The topological polar surface area (TPSA) is 35.5 Å². The van der Waals surface area contributed by atoms with E-state index in [1.54, 1.807) is 14.2 Å². The molecule has 3 aromatic rings. The van der Waals surface area contributed by atoms with Crippen molar-refractivity contribution in [3.63, 3.8) is 0 Å². The van der Waals surface area contributed by atoms with E-state index in [-0.39, 0.29) is 16.2 Å². The van der Waals surface area contributed by atoms with Crippen LogP contribution < -0.4 is 25.4 Å². The molecule has 0 bridgehead atoms. The van der Waals surface area contributed by atoms with Crippen molar-refractivity contribution in [2.24, 2.45) is 0 Å². The van der Waals surface area contributed by atoms with Crippen molar-refractivity contribution in [3.05, 3.63) is 77.4 Å². The summed E-state index contributed by atoms with van der Waals surface area (Å²) in [5.74, 6) is 1.50. The summed E-state index contributed by atoms with van der Waals surface area (Å²) in [5.41, 5.74) is 3.84. The predicted molar refractivity (Wildman–Crippen MR) is 173 cm³/mol. The molecule has 0 aromatic heterocycles. The van der Waals surface area contributed by atoms with Gasteiger partial charge in [-0.05, 0) is 88.4 Å². The smallest absolute Gasteiger partial charge is 0.171 e. The third kappa shape index (κ3) is 6.70. The molecule has 0 N–H and O–H groups in total. The van der Waals surface area contributed by atoms with Crippen LogP contribution in [0.3, 0.4) is 0 Å². The summed E-state index contributed by atoms with van der Waals surface area (Å²) in [6, 6.07) is 20.1. The molecule has 0 amide bonds. The molecule has 0 aliphatic heterocycles. The zero-order valence-electron chi connectivity index (χ0n) is 25.9. The highest BCUT2D eigenvalue weighted by molar-refractivity contribution is 8.00. The summed E-state index contributed by atoms with van der Waals surface area (Å²) >= 11 is 0. The zero-order valence-corrected chi connectivity index (χ0v) is 27.7. The Hall–Kier alpha value is -2.34. The molecule has 210 valence electrons. The summed E-state index contributed by atoms with van der Waals surface area (Å²) in [6.45, 7) is 22.6. The van der Waals surface area contributed by atoms with E-state index < -0.39 is 7.14 Å². The molecule has 0 atom stereocenters. The van der Waals surface area contributed by atoms with Crippen molar-refractivity contribution in [2.45, 2.75) is 85.5 Å². The highest BCUT2D eigenvalue weighted by atomic mass is 31.2. The van der Waals surface area contributed by atoms with E-state index in [1.165, 1.54) is 22.0 Å². The third-order valence-corrected chi connectivity index (χ3v) is 12.3. The lowest BCUT2D eigenvalue weighted by molar-refractivity contribution is 0.415. The van der Waals surface area contributed by atoms with E-state index in [4.69, 9.17) is 9.47 Å². The van der Waals surface area contributed by atoms with Crippen LogP contribution in [0.15, 0.2) is 60.7 Å². The molecular weight excluding hydrogens is 518 g/mol. The molecule has 5 heteroatoms. The second-order valence-corrected chi connectivity index (χ2v) is 18.0. The van der Waals surface area contributed by atoms with Gasteiger partial charge in [-0.3, -0.25) is 0 Å². The van der Waals surface area contributed by atoms with Gasteiger partial charge in [0, 0.05) is 20.9 Å². The van der Waals surface area contributed by atoms with Gasteiger partial charge in [-0.1, -0.05) is 82.7 Å². The molecule has 0 unspecified atom stereocenters. The van der Waals surface area contributed by atoms with Crippen molar-refractivity contribution in [2.75, 3.05) is 14.2 Å². The molecular formula is C34H46O3P2. The Kier molecular flexibility index (Phi) is 9.01. The Morgan fingerprint density at radius 2 is 1.00 bits per heavy atom. The first-order chi connectivity index (χ1) is 17.9. The summed E-state index contributed by atoms with van der Waals surface area (Å²) < 4.78 is 26.2. The molecule has 0 heterocycles. The van der Waals surface area contributed by atoms with Crippen LogP contribution in [0.2, 0.25) is 0 Å². The standard InChI is InChI=1S/C34H46O3P2/c1-23(38-31-29(33(5,6)7)21-24(32(2,3)4)22-30(31)34(8,9)10)39(35,27-17-13-25(36-11)14-18-27)28-19-15-26(37-12)16-20-28/h13-22H,1-12H3. The van der Waals surface area contributed by atoms with Crippen molar-refractivity contribution in [1.29, 1.82) is 0 Å². The Morgan fingerprint density at radius 3 is 1.28 bits per heavy atom. The first-order valence-corrected chi connectivity index (χ1v) is 16.2. The maximum Gasteiger partial charge on any atom is 0.171 e. The Balaban J connectivity index is 2.41. The largest absolute Gasteiger partial charge is 0.497 e. The van der Waals surface area contributed by atoms with Gasteiger partial charge in [-0.15, -0.1) is 0 Å². The van der Waals surface area contributed by atoms with E-state index >= 15 is 4.57 Å². The van der Waals surface area contributed by atoms with Gasteiger partial charge in [-0.2, -0.15) is 0 Å². The van der Waals surface area contributed by atoms with Crippen LogP contribution in [0.1, 0.15) is 85.9 Å². The Bertz CT molecular complexity index is 1290. The van der Waals surface area contributed by atoms with E-state index in [9.17, 15) is 0 Å². The Labute approximate surface area is 238 Å². The van der Waals surface area contributed by atoms with Crippen LogP contribution in [0.25, 0.3) is 0 Å². The van der Waals surface area contributed by atoms with E-state index in [0.29, 0.717) is 0 Å². The van der Waals surface area contributed by atoms with E-state index in [2.05, 4.69) is 81.4 Å². The average Bonchev–Trinajstić information content (AvgIpc) is 2.86. The molecule has 0 saturated carbocycles. The lowest BCUT2D eigenvalue weighted by Gasteiger charge is -2.33. The summed E-state index contributed by atoms with van der Waals surface area (Å²) in [4.78, 5) is 0. The summed E-state index contributed by atoms with van der Waals surface area (Å²) in [6.07, 6.45) is 0. The fourth-order valence-corrected chi connectivity index (χ4v) is 9.77. The average molecular weight is 565 g/mol. The second kappa shape index (κ2) is 11.3. The molecule has 0 spiro atoms. The normalized spacial score (nSPS) is 13.4. The molecule has 0 radical (unpaired) electrons. The number of hydrogen-bond donors (Lipinski definition) is 0. The lowest BCUT2D eigenvalue weighted by atomic mass is 9.75. The van der Waals surface area contributed by atoms with Gasteiger partial charge in [0.2, 0.25) is 0 Å². The van der Waals surface area contributed by atoms with Gasteiger partial charge < -0.3 is 14.0 Å². The monoisotopic (exact) mass is 564 g/mol. The summed E-state index contributed by atoms with van der Waals surface area (Å²) in [5, 5.41) is 3.82. The van der Waals surface area contributed by atoms with Gasteiger partial charge in [-0.25, -0.2) is 0 Å². The van der Waals surface area contributed by atoms with Crippen LogP contribution in [0.4, 0.5) is 0 Å². The SMILES string of the molecule is COc1ccc(P(=O)(C(C)=Pc2c(C(C)(C)C)cc(C(C)(C)C)cc2C(C)(C)C)c2ccc(OC)cc2)cc1. The Morgan fingerprint density at radius 1 is 0.641 bits per heavy atom. The first kappa shape index (κ1) is 31.2. The molecule has 3 rings (SSSR count). The number of ether oxygens (including phenoxy) is 2. The minimum atomic E-state index is -3.14. The van der Waals surface area contributed by atoms with Crippen LogP contribution >= 0.6 is 15.3 Å².